The minimum atomic E-state index is 1.25. The van der Waals surface area contributed by atoms with Crippen molar-refractivity contribution in [2.45, 2.75) is 13.8 Å². The van der Waals surface area contributed by atoms with Crippen LogP contribution in [-0.2, 0) is 0 Å². The van der Waals surface area contributed by atoms with E-state index in [9.17, 15) is 0 Å². The lowest BCUT2D eigenvalue weighted by Gasteiger charge is -2.14. The topological polar surface area (TPSA) is 0 Å². The molecule has 0 amide bonds. The highest BCUT2D eigenvalue weighted by atomic mass is 14.1. The van der Waals surface area contributed by atoms with Crippen LogP contribution in [0.1, 0.15) is 11.1 Å². The first kappa shape index (κ1) is 16.4. The van der Waals surface area contributed by atoms with Crippen LogP contribution >= 0.6 is 0 Å². The van der Waals surface area contributed by atoms with Gasteiger partial charge in [0.1, 0.15) is 0 Å². The van der Waals surface area contributed by atoms with Gasteiger partial charge in [0, 0.05) is 0 Å². The van der Waals surface area contributed by atoms with Gasteiger partial charge in [0.2, 0.25) is 0 Å². The molecule has 0 fully saturated rings. The molecule has 0 heteroatoms. The zero-order valence-corrected chi connectivity index (χ0v) is 15.2. The molecule has 4 aromatic carbocycles. The zero-order chi connectivity index (χ0) is 17.9. The van der Waals surface area contributed by atoms with E-state index in [1.807, 2.05) is 0 Å². The third-order valence-electron chi connectivity index (χ3n) is 4.92. The Bertz CT molecular complexity index is 1030. The van der Waals surface area contributed by atoms with Crippen molar-refractivity contribution >= 4 is 0 Å². The molecule has 126 valence electrons. The summed E-state index contributed by atoms with van der Waals surface area (Å²) in [5.74, 6) is 0. The molecule has 0 saturated carbocycles. The maximum Gasteiger partial charge on any atom is -0.0103 e. The summed E-state index contributed by atoms with van der Waals surface area (Å²) in [6.45, 7) is 4.32. The molecule has 4 rings (SSSR count). The van der Waals surface area contributed by atoms with Gasteiger partial charge in [-0.05, 0) is 58.9 Å². The van der Waals surface area contributed by atoms with Crippen LogP contribution in [0.15, 0.2) is 97.1 Å². The molecule has 0 saturated heterocycles. The zero-order valence-electron chi connectivity index (χ0n) is 15.2. The number of hydrogen-bond acceptors (Lipinski definition) is 0. The van der Waals surface area contributed by atoms with E-state index in [1.54, 1.807) is 0 Å². The first-order chi connectivity index (χ1) is 12.7. The second kappa shape index (κ2) is 7.01. The fourth-order valence-corrected chi connectivity index (χ4v) is 3.43. The number of rotatable bonds is 3. The molecule has 0 spiro atoms. The van der Waals surface area contributed by atoms with E-state index in [2.05, 4.69) is 111 Å². The van der Waals surface area contributed by atoms with Crippen LogP contribution in [0, 0.1) is 13.8 Å². The van der Waals surface area contributed by atoms with Gasteiger partial charge >= 0.3 is 0 Å². The fourth-order valence-electron chi connectivity index (χ4n) is 3.43. The van der Waals surface area contributed by atoms with Crippen molar-refractivity contribution in [1.82, 2.24) is 0 Å². The summed E-state index contributed by atoms with van der Waals surface area (Å²) in [4.78, 5) is 0. The van der Waals surface area contributed by atoms with Gasteiger partial charge in [-0.2, -0.15) is 0 Å². The number of hydrogen-bond donors (Lipinski definition) is 0. The predicted molar refractivity (Wildman–Crippen MR) is 112 cm³/mol. The highest BCUT2D eigenvalue weighted by Crippen LogP contribution is 2.36. The molecule has 0 unspecified atom stereocenters. The van der Waals surface area contributed by atoms with Crippen LogP contribution in [0.25, 0.3) is 33.4 Å². The average Bonchev–Trinajstić information content (AvgIpc) is 2.70. The van der Waals surface area contributed by atoms with Gasteiger partial charge in [0.25, 0.3) is 0 Å². The highest BCUT2D eigenvalue weighted by Gasteiger charge is 2.10. The Balaban J connectivity index is 1.87. The van der Waals surface area contributed by atoms with Gasteiger partial charge in [0.05, 0.1) is 0 Å². The normalized spacial score (nSPS) is 10.7. The van der Waals surface area contributed by atoms with Crippen molar-refractivity contribution in [3.63, 3.8) is 0 Å². The molecule has 0 bridgehead atoms. The van der Waals surface area contributed by atoms with Crippen molar-refractivity contribution in [1.29, 1.82) is 0 Å². The second-order valence-electron chi connectivity index (χ2n) is 6.81. The molecule has 0 nitrogen and oxygen atoms in total. The second-order valence-corrected chi connectivity index (χ2v) is 6.81. The van der Waals surface area contributed by atoms with Crippen molar-refractivity contribution in [3.05, 3.63) is 108 Å². The Labute approximate surface area is 155 Å². The largest absolute Gasteiger partial charge is 0.0622 e. The smallest absolute Gasteiger partial charge is 0.0103 e. The van der Waals surface area contributed by atoms with E-state index in [0.717, 1.165) is 0 Å². The molecule has 0 atom stereocenters. The minimum Gasteiger partial charge on any atom is -0.0622 e. The van der Waals surface area contributed by atoms with Crippen molar-refractivity contribution < 1.29 is 0 Å². The van der Waals surface area contributed by atoms with Crippen LogP contribution < -0.4 is 0 Å². The average molecular weight is 334 g/mol. The summed E-state index contributed by atoms with van der Waals surface area (Å²) in [5.41, 5.74) is 10.2. The quantitative estimate of drug-likeness (QED) is 0.368. The van der Waals surface area contributed by atoms with Crippen LogP contribution in [0.3, 0.4) is 0 Å². The van der Waals surface area contributed by atoms with Crippen LogP contribution in [-0.4, -0.2) is 0 Å². The standard InChI is InChI=1S/C26H22/c1-19-12-15-21(16-13-19)23-17-14-20(2)26(18-23)25-11-7-6-10-24(25)22-8-4-3-5-9-22/h3-18H,1-2H3. The lowest BCUT2D eigenvalue weighted by atomic mass is 9.90. The molecule has 0 aromatic heterocycles. The van der Waals surface area contributed by atoms with E-state index in [1.165, 1.54) is 44.5 Å². The molecule has 0 aliphatic rings. The minimum absolute atomic E-state index is 1.25. The Morgan fingerprint density at radius 1 is 0.423 bits per heavy atom. The van der Waals surface area contributed by atoms with E-state index in [4.69, 9.17) is 0 Å². The van der Waals surface area contributed by atoms with E-state index in [0.29, 0.717) is 0 Å². The van der Waals surface area contributed by atoms with Gasteiger partial charge in [-0.25, -0.2) is 0 Å². The van der Waals surface area contributed by atoms with Gasteiger partial charge < -0.3 is 0 Å². The highest BCUT2D eigenvalue weighted by molar-refractivity contribution is 5.86. The lowest BCUT2D eigenvalue weighted by Crippen LogP contribution is -1.89. The van der Waals surface area contributed by atoms with E-state index >= 15 is 0 Å². The summed E-state index contributed by atoms with van der Waals surface area (Å²) in [5, 5.41) is 0. The summed E-state index contributed by atoms with van der Waals surface area (Å²) < 4.78 is 0. The van der Waals surface area contributed by atoms with Gasteiger partial charge in [0.15, 0.2) is 0 Å². The first-order valence-corrected chi connectivity index (χ1v) is 9.05. The molecule has 0 radical (unpaired) electrons. The van der Waals surface area contributed by atoms with E-state index < -0.39 is 0 Å². The van der Waals surface area contributed by atoms with Gasteiger partial charge in [-0.15, -0.1) is 0 Å². The summed E-state index contributed by atoms with van der Waals surface area (Å²) in [6.07, 6.45) is 0. The third kappa shape index (κ3) is 3.19. The summed E-state index contributed by atoms with van der Waals surface area (Å²) >= 11 is 0. The molecule has 26 heavy (non-hydrogen) atoms. The number of aryl methyl sites for hydroxylation is 2. The molecule has 4 aromatic rings. The Kier molecular flexibility index (Phi) is 4.41. The fraction of sp³-hybridized carbons (Fsp3) is 0.0769. The lowest BCUT2D eigenvalue weighted by molar-refractivity contribution is 1.44. The van der Waals surface area contributed by atoms with Crippen molar-refractivity contribution in [2.75, 3.05) is 0 Å². The Morgan fingerprint density at radius 2 is 1.04 bits per heavy atom. The monoisotopic (exact) mass is 334 g/mol. The van der Waals surface area contributed by atoms with Gasteiger partial charge in [-0.3, -0.25) is 0 Å². The van der Waals surface area contributed by atoms with Gasteiger partial charge in [-0.1, -0.05) is 96.6 Å². The molecule has 0 aliphatic carbocycles. The first-order valence-electron chi connectivity index (χ1n) is 9.05. The predicted octanol–water partition coefficient (Wildman–Crippen LogP) is 7.30. The number of benzene rings is 4. The molecule has 0 N–H and O–H groups in total. The SMILES string of the molecule is Cc1ccc(-c2ccc(C)c(-c3ccccc3-c3ccccc3)c2)cc1. The summed E-state index contributed by atoms with van der Waals surface area (Å²) in [6, 6.07) is 34.8. The molecular weight excluding hydrogens is 312 g/mol. The Hall–Kier alpha value is -3.12. The van der Waals surface area contributed by atoms with E-state index in [-0.39, 0.29) is 0 Å². The molecule has 0 heterocycles. The van der Waals surface area contributed by atoms with Crippen molar-refractivity contribution in [3.8, 4) is 33.4 Å². The maximum absolute atomic E-state index is 2.32. The molecule has 0 aliphatic heterocycles. The van der Waals surface area contributed by atoms with Crippen LogP contribution in [0.4, 0.5) is 0 Å². The van der Waals surface area contributed by atoms with Crippen LogP contribution in [0.5, 0.6) is 0 Å². The van der Waals surface area contributed by atoms with Crippen molar-refractivity contribution in [2.24, 2.45) is 0 Å². The maximum atomic E-state index is 2.32. The van der Waals surface area contributed by atoms with Crippen LogP contribution in [0.2, 0.25) is 0 Å². The molecular formula is C26H22. The third-order valence-corrected chi connectivity index (χ3v) is 4.92. The summed E-state index contributed by atoms with van der Waals surface area (Å²) in [7, 11) is 0. The Morgan fingerprint density at radius 3 is 1.77 bits per heavy atom.